The molecule has 0 aromatic heterocycles. The average molecular weight is 281 g/mol. The predicted octanol–water partition coefficient (Wildman–Crippen LogP) is 2.43. The molecule has 20 heavy (non-hydrogen) atoms. The van der Waals surface area contributed by atoms with Crippen LogP contribution in [0.3, 0.4) is 0 Å². The van der Waals surface area contributed by atoms with E-state index in [4.69, 9.17) is 0 Å². The van der Waals surface area contributed by atoms with Crippen molar-refractivity contribution in [3.05, 3.63) is 0 Å². The first-order chi connectivity index (χ1) is 9.69. The monoisotopic (exact) mass is 281 g/mol. The van der Waals surface area contributed by atoms with Gasteiger partial charge in [0.2, 0.25) is 0 Å². The van der Waals surface area contributed by atoms with Gasteiger partial charge in [0, 0.05) is 38.8 Å². The van der Waals surface area contributed by atoms with Gasteiger partial charge in [0.25, 0.3) is 0 Å². The highest BCUT2D eigenvalue weighted by Crippen LogP contribution is 2.28. The molecule has 2 rings (SSSR count). The molecule has 118 valence electrons. The summed E-state index contributed by atoms with van der Waals surface area (Å²) in [5.74, 6) is 1.74. The molecule has 1 aliphatic heterocycles. The van der Waals surface area contributed by atoms with E-state index in [-0.39, 0.29) is 0 Å². The molecule has 1 aliphatic carbocycles. The summed E-state index contributed by atoms with van der Waals surface area (Å²) in [7, 11) is 0. The predicted molar refractivity (Wildman–Crippen MR) is 87.1 cm³/mol. The summed E-state index contributed by atoms with van der Waals surface area (Å²) < 4.78 is 0. The Kier molecular flexibility index (Phi) is 6.79. The van der Waals surface area contributed by atoms with Crippen LogP contribution >= 0.6 is 0 Å². The molecule has 2 aliphatic rings. The molecule has 0 aromatic carbocycles. The van der Waals surface area contributed by atoms with Crippen molar-refractivity contribution in [2.24, 2.45) is 11.8 Å². The third-order valence-corrected chi connectivity index (χ3v) is 5.03. The summed E-state index contributed by atoms with van der Waals surface area (Å²) in [5, 5.41) is 3.68. The standard InChI is InChI=1S/C17H35N3/c1-4-18-17-7-5-6-16(17)8-9-19-10-12-20(13-11-19)14-15(2)3/h15-18H,4-14H2,1-3H3. The Balaban J connectivity index is 1.63. The largest absolute Gasteiger partial charge is 0.314 e. The molecule has 0 aromatic rings. The van der Waals surface area contributed by atoms with Gasteiger partial charge in [0.15, 0.2) is 0 Å². The number of rotatable bonds is 7. The van der Waals surface area contributed by atoms with Crippen LogP contribution in [0.15, 0.2) is 0 Å². The van der Waals surface area contributed by atoms with E-state index in [0.717, 1.165) is 24.4 Å². The molecule has 1 saturated heterocycles. The normalized spacial score (nSPS) is 29.4. The SMILES string of the molecule is CCNC1CCCC1CCN1CCN(CC(C)C)CC1. The fourth-order valence-corrected chi connectivity index (χ4v) is 3.97. The van der Waals surface area contributed by atoms with Crippen LogP contribution in [0.4, 0.5) is 0 Å². The van der Waals surface area contributed by atoms with Crippen LogP contribution in [0.5, 0.6) is 0 Å². The molecule has 0 amide bonds. The van der Waals surface area contributed by atoms with Crippen LogP contribution in [0.25, 0.3) is 0 Å². The lowest BCUT2D eigenvalue weighted by Gasteiger charge is -2.36. The van der Waals surface area contributed by atoms with Crippen LogP contribution in [0, 0.1) is 11.8 Å². The molecule has 2 unspecified atom stereocenters. The van der Waals surface area contributed by atoms with Gasteiger partial charge in [-0.25, -0.2) is 0 Å². The van der Waals surface area contributed by atoms with E-state index in [9.17, 15) is 0 Å². The minimum atomic E-state index is 0.806. The molecular weight excluding hydrogens is 246 g/mol. The maximum Gasteiger partial charge on any atom is 0.0110 e. The Morgan fingerprint density at radius 1 is 1.05 bits per heavy atom. The first-order valence-corrected chi connectivity index (χ1v) is 8.87. The maximum atomic E-state index is 3.68. The third-order valence-electron chi connectivity index (χ3n) is 5.03. The minimum absolute atomic E-state index is 0.806. The molecule has 3 nitrogen and oxygen atoms in total. The van der Waals surface area contributed by atoms with Gasteiger partial charge in [0.1, 0.15) is 0 Å². The lowest BCUT2D eigenvalue weighted by atomic mass is 9.99. The van der Waals surface area contributed by atoms with Crippen molar-refractivity contribution in [1.29, 1.82) is 0 Å². The van der Waals surface area contributed by atoms with Crippen molar-refractivity contribution in [2.45, 2.75) is 52.5 Å². The number of piperazine rings is 1. The Morgan fingerprint density at radius 3 is 2.40 bits per heavy atom. The zero-order valence-electron chi connectivity index (χ0n) is 13.9. The lowest BCUT2D eigenvalue weighted by Crippen LogP contribution is -2.48. The van der Waals surface area contributed by atoms with E-state index in [1.807, 2.05) is 0 Å². The van der Waals surface area contributed by atoms with Crippen molar-refractivity contribution in [2.75, 3.05) is 45.8 Å². The van der Waals surface area contributed by atoms with Crippen molar-refractivity contribution in [3.8, 4) is 0 Å². The molecule has 0 radical (unpaired) electrons. The van der Waals surface area contributed by atoms with Crippen LogP contribution in [-0.4, -0.2) is 61.7 Å². The Hall–Kier alpha value is -0.120. The van der Waals surface area contributed by atoms with E-state index in [2.05, 4.69) is 35.9 Å². The Morgan fingerprint density at radius 2 is 1.75 bits per heavy atom. The molecule has 0 spiro atoms. The van der Waals surface area contributed by atoms with Crippen molar-refractivity contribution in [1.82, 2.24) is 15.1 Å². The van der Waals surface area contributed by atoms with E-state index >= 15 is 0 Å². The van der Waals surface area contributed by atoms with Crippen LogP contribution < -0.4 is 5.32 Å². The Bertz CT molecular complexity index is 259. The molecule has 1 N–H and O–H groups in total. The van der Waals surface area contributed by atoms with Crippen molar-refractivity contribution < 1.29 is 0 Å². The topological polar surface area (TPSA) is 18.5 Å². The fourth-order valence-electron chi connectivity index (χ4n) is 3.97. The molecule has 0 bridgehead atoms. The first-order valence-electron chi connectivity index (χ1n) is 8.87. The van der Waals surface area contributed by atoms with Gasteiger partial charge in [0.05, 0.1) is 0 Å². The quantitative estimate of drug-likeness (QED) is 0.773. The second-order valence-electron chi connectivity index (χ2n) is 7.18. The number of nitrogens with one attached hydrogen (secondary N) is 1. The van der Waals surface area contributed by atoms with Gasteiger partial charge in [-0.2, -0.15) is 0 Å². The lowest BCUT2D eigenvalue weighted by molar-refractivity contribution is 0.116. The van der Waals surface area contributed by atoms with Gasteiger partial charge in [-0.15, -0.1) is 0 Å². The number of nitrogens with zero attached hydrogens (tertiary/aromatic N) is 2. The average Bonchev–Trinajstić information content (AvgIpc) is 2.85. The van der Waals surface area contributed by atoms with Crippen LogP contribution in [0.1, 0.15) is 46.5 Å². The number of hydrogen-bond acceptors (Lipinski definition) is 3. The first kappa shape index (κ1) is 16.3. The molecule has 1 heterocycles. The minimum Gasteiger partial charge on any atom is -0.314 e. The highest BCUT2D eigenvalue weighted by molar-refractivity contribution is 4.84. The maximum absolute atomic E-state index is 3.68. The summed E-state index contributed by atoms with van der Waals surface area (Å²) >= 11 is 0. The molecule has 1 saturated carbocycles. The third kappa shape index (κ3) is 5.01. The Labute approximate surface area is 126 Å². The van der Waals surface area contributed by atoms with Gasteiger partial charge < -0.3 is 15.1 Å². The van der Waals surface area contributed by atoms with Gasteiger partial charge in [-0.3, -0.25) is 0 Å². The molecule has 2 fully saturated rings. The smallest absolute Gasteiger partial charge is 0.0110 e. The molecule has 3 heteroatoms. The molecular formula is C17H35N3. The number of hydrogen-bond donors (Lipinski definition) is 1. The fraction of sp³-hybridized carbons (Fsp3) is 1.00. The second kappa shape index (κ2) is 8.35. The summed E-state index contributed by atoms with van der Waals surface area (Å²) in [6, 6.07) is 0.808. The highest BCUT2D eigenvalue weighted by Gasteiger charge is 2.27. The van der Waals surface area contributed by atoms with E-state index < -0.39 is 0 Å². The van der Waals surface area contributed by atoms with Gasteiger partial charge in [-0.05, 0) is 44.2 Å². The van der Waals surface area contributed by atoms with Crippen LogP contribution in [-0.2, 0) is 0 Å². The molecule has 2 atom stereocenters. The summed E-state index contributed by atoms with van der Waals surface area (Å²) in [6.07, 6.45) is 5.69. The summed E-state index contributed by atoms with van der Waals surface area (Å²) in [6.45, 7) is 15.7. The zero-order valence-corrected chi connectivity index (χ0v) is 13.9. The second-order valence-corrected chi connectivity index (χ2v) is 7.18. The zero-order chi connectivity index (χ0) is 14.4. The summed E-state index contributed by atoms with van der Waals surface area (Å²) in [4.78, 5) is 5.33. The highest BCUT2D eigenvalue weighted by atomic mass is 15.3. The van der Waals surface area contributed by atoms with Gasteiger partial charge in [-0.1, -0.05) is 27.2 Å². The van der Waals surface area contributed by atoms with E-state index in [1.165, 1.54) is 65.0 Å². The van der Waals surface area contributed by atoms with Crippen molar-refractivity contribution >= 4 is 0 Å². The van der Waals surface area contributed by atoms with Crippen molar-refractivity contribution in [3.63, 3.8) is 0 Å². The van der Waals surface area contributed by atoms with Crippen LogP contribution in [0.2, 0.25) is 0 Å². The van der Waals surface area contributed by atoms with Gasteiger partial charge >= 0.3 is 0 Å². The summed E-state index contributed by atoms with van der Waals surface area (Å²) in [5.41, 5.74) is 0. The van der Waals surface area contributed by atoms with E-state index in [1.54, 1.807) is 0 Å². The van der Waals surface area contributed by atoms with E-state index in [0.29, 0.717) is 0 Å².